The smallest absolute Gasteiger partial charge is 0.322 e. The molecule has 0 unspecified atom stereocenters. The molecule has 0 aromatic carbocycles. The van der Waals surface area contributed by atoms with Crippen molar-refractivity contribution in [3.63, 3.8) is 0 Å². The number of methoxy groups -OCH3 is 1. The highest BCUT2D eigenvalue weighted by Crippen LogP contribution is 2.67. The maximum atomic E-state index is 13.1. The van der Waals surface area contributed by atoms with Gasteiger partial charge in [-0.05, 0) is 18.3 Å². The van der Waals surface area contributed by atoms with Crippen LogP contribution in [0.4, 0.5) is 0 Å². The SMILES string of the molecule is C=C[C@]1(C)CC[C@H]2C(C)(C)[C@@H]3C=C4C=C(OC)OC(=O)[C@@H]1[C@@]42OC3=O. The minimum absolute atomic E-state index is 0.0423. The van der Waals surface area contributed by atoms with Crippen LogP contribution in [0.3, 0.4) is 0 Å². The number of allylic oxidation sites excluding steroid dienone is 1. The van der Waals surface area contributed by atoms with Crippen LogP contribution in [0.1, 0.15) is 33.6 Å². The number of carbonyl (C=O) groups is 2. The molecular weight excluding hydrogens is 320 g/mol. The molecule has 0 aromatic heterocycles. The Morgan fingerprint density at radius 3 is 2.64 bits per heavy atom. The Morgan fingerprint density at radius 1 is 1.28 bits per heavy atom. The average molecular weight is 344 g/mol. The summed E-state index contributed by atoms with van der Waals surface area (Å²) in [4.78, 5) is 25.8. The first-order chi connectivity index (χ1) is 11.7. The molecule has 5 rings (SSSR count). The lowest BCUT2D eigenvalue weighted by Crippen LogP contribution is -2.70. The third-order valence-corrected chi connectivity index (χ3v) is 6.98. The number of carbonyl (C=O) groups excluding carboxylic acids is 2. The van der Waals surface area contributed by atoms with Crippen LogP contribution in [-0.2, 0) is 23.8 Å². The predicted molar refractivity (Wildman–Crippen MR) is 89.9 cm³/mol. The van der Waals surface area contributed by atoms with Gasteiger partial charge in [0.15, 0.2) is 5.60 Å². The Labute approximate surface area is 147 Å². The van der Waals surface area contributed by atoms with Crippen LogP contribution in [0.5, 0.6) is 0 Å². The quantitative estimate of drug-likeness (QED) is 0.569. The molecule has 1 spiro atoms. The van der Waals surface area contributed by atoms with Crippen molar-refractivity contribution >= 4 is 11.9 Å². The summed E-state index contributed by atoms with van der Waals surface area (Å²) in [6.07, 6.45) is 7.13. The highest BCUT2D eigenvalue weighted by molar-refractivity contribution is 5.86. The zero-order valence-corrected chi connectivity index (χ0v) is 15.1. The van der Waals surface area contributed by atoms with Crippen LogP contribution >= 0.6 is 0 Å². The summed E-state index contributed by atoms with van der Waals surface area (Å²) in [7, 11) is 1.47. The van der Waals surface area contributed by atoms with Crippen molar-refractivity contribution < 1.29 is 23.8 Å². The van der Waals surface area contributed by atoms with Gasteiger partial charge in [0.2, 0.25) is 0 Å². The Kier molecular flexibility index (Phi) is 3.14. The van der Waals surface area contributed by atoms with Gasteiger partial charge < -0.3 is 14.2 Å². The van der Waals surface area contributed by atoms with E-state index < -0.39 is 22.9 Å². The number of fused-ring (bicyclic) bond motifs is 1. The van der Waals surface area contributed by atoms with Crippen LogP contribution in [0.25, 0.3) is 0 Å². The van der Waals surface area contributed by atoms with E-state index in [9.17, 15) is 9.59 Å². The molecule has 25 heavy (non-hydrogen) atoms. The van der Waals surface area contributed by atoms with Gasteiger partial charge in [0.25, 0.3) is 5.95 Å². The van der Waals surface area contributed by atoms with Crippen LogP contribution in [-0.4, -0.2) is 24.6 Å². The number of rotatable bonds is 2. The number of hydrogen-bond acceptors (Lipinski definition) is 5. The van der Waals surface area contributed by atoms with E-state index in [1.54, 1.807) is 12.2 Å². The van der Waals surface area contributed by atoms with Crippen molar-refractivity contribution in [2.45, 2.75) is 39.2 Å². The molecule has 0 amide bonds. The van der Waals surface area contributed by atoms with Gasteiger partial charge in [0, 0.05) is 23.0 Å². The number of esters is 2. The lowest BCUT2D eigenvalue weighted by Gasteiger charge is -2.64. The lowest BCUT2D eigenvalue weighted by molar-refractivity contribution is -0.232. The molecule has 1 saturated heterocycles. The summed E-state index contributed by atoms with van der Waals surface area (Å²) in [5.41, 5.74) is -1.01. The van der Waals surface area contributed by atoms with E-state index in [0.717, 1.165) is 18.4 Å². The molecule has 134 valence electrons. The molecule has 3 aliphatic heterocycles. The van der Waals surface area contributed by atoms with E-state index in [4.69, 9.17) is 14.2 Å². The van der Waals surface area contributed by atoms with Gasteiger partial charge >= 0.3 is 11.9 Å². The summed E-state index contributed by atoms with van der Waals surface area (Å²) in [6, 6.07) is 0. The lowest BCUT2D eigenvalue weighted by atomic mass is 9.44. The van der Waals surface area contributed by atoms with Crippen molar-refractivity contribution in [3.05, 3.63) is 36.3 Å². The van der Waals surface area contributed by atoms with Gasteiger partial charge in [-0.25, -0.2) is 0 Å². The molecule has 5 heteroatoms. The molecule has 1 saturated carbocycles. The second kappa shape index (κ2) is 4.77. The normalized spacial score (nSPS) is 43.8. The first kappa shape index (κ1) is 16.4. The maximum absolute atomic E-state index is 13.1. The van der Waals surface area contributed by atoms with Crippen LogP contribution in [0.15, 0.2) is 36.3 Å². The van der Waals surface area contributed by atoms with Crippen LogP contribution < -0.4 is 0 Å². The first-order valence-corrected chi connectivity index (χ1v) is 8.77. The highest BCUT2D eigenvalue weighted by Gasteiger charge is 2.72. The minimum Gasteiger partial charge on any atom is -0.468 e. The van der Waals surface area contributed by atoms with E-state index in [1.807, 2.05) is 13.0 Å². The maximum Gasteiger partial charge on any atom is 0.322 e. The molecule has 2 fully saturated rings. The van der Waals surface area contributed by atoms with Crippen LogP contribution in [0.2, 0.25) is 0 Å². The molecule has 0 radical (unpaired) electrons. The standard InChI is InChI=1S/C20H24O5/c1-6-19(4)8-7-13-18(2,3)12-9-11-10-14(23-5)24-17(22)15(19)20(11,13)25-16(12)21/h6,9-10,12-13,15H,1,7-8H2,2-5H3/t12-,13+,15+,19-,20-/m1/s1. The van der Waals surface area contributed by atoms with Crippen molar-refractivity contribution in [2.75, 3.05) is 7.11 Å². The zero-order chi connectivity index (χ0) is 18.2. The monoisotopic (exact) mass is 344 g/mol. The van der Waals surface area contributed by atoms with Crippen molar-refractivity contribution in [2.24, 2.45) is 28.6 Å². The fourth-order valence-corrected chi connectivity index (χ4v) is 5.57. The Hall–Kier alpha value is -2.04. The van der Waals surface area contributed by atoms with Gasteiger partial charge in [-0.1, -0.05) is 32.9 Å². The number of cyclic esters (lactones) is 1. The Morgan fingerprint density at radius 2 is 2.00 bits per heavy atom. The molecular formula is C20H24O5. The predicted octanol–water partition coefficient (Wildman–Crippen LogP) is 3.13. The van der Waals surface area contributed by atoms with Gasteiger partial charge in [-0.15, -0.1) is 6.58 Å². The minimum atomic E-state index is -1.02. The highest BCUT2D eigenvalue weighted by atomic mass is 16.7. The van der Waals surface area contributed by atoms with Crippen molar-refractivity contribution in [3.8, 4) is 0 Å². The molecule has 0 N–H and O–H groups in total. The molecule has 3 heterocycles. The topological polar surface area (TPSA) is 61.8 Å². The second-order valence-electron chi connectivity index (χ2n) is 8.46. The fourth-order valence-electron chi connectivity index (χ4n) is 5.57. The molecule has 0 aromatic rings. The third kappa shape index (κ3) is 1.79. The van der Waals surface area contributed by atoms with Gasteiger partial charge in [-0.2, -0.15) is 0 Å². The molecule has 2 aliphatic carbocycles. The van der Waals surface area contributed by atoms with Gasteiger partial charge in [-0.3, -0.25) is 9.59 Å². The van der Waals surface area contributed by atoms with Crippen LogP contribution in [0, 0.1) is 28.6 Å². The summed E-state index contributed by atoms with van der Waals surface area (Å²) in [5, 5.41) is 0. The summed E-state index contributed by atoms with van der Waals surface area (Å²) < 4.78 is 16.8. The van der Waals surface area contributed by atoms with E-state index >= 15 is 0 Å². The summed E-state index contributed by atoms with van der Waals surface area (Å²) in [5.74, 6) is -1.47. The Balaban J connectivity index is 2.04. The zero-order valence-electron chi connectivity index (χ0n) is 15.1. The fraction of sp³-hybridized carbons (Fsp3) is 0.600. The van der Waals surface area contributed by atoms with E-state index in [2.05, 4.69) is 20.4 Å². The third-order valence-electron chi connectivity index (χ3n) is 6.98. The largest absolute Gasteiger partial charge is 0.468 e. The van der Waals surface area contributed by atoms with E-state index in [1.165, 1.54) is 7.11 Å². The number of ether oxygens (including phenoxy) is 3. The van der Waals surface area contributed by atoms with Crippen molar-refractivity contribution in [1.82, 2.24) is 0 Å². The summed E-state index contributed by atoms with van der Waals surface area (Å²) >= 11 is 0. The van der Waals surface area contributed by atoms with E-state index in [-0.39, 0.29) is 29.2 Å². The van der Waals surface area contributed by atoms with Gasteiger partial charge in [0.1, 0.15) is 5.92 Å². The molecule has 5 nitrogen and oxygen atoms in total. The molecule has 5 aliphatic rings. The molecule has 5 atom stereocenters. The average Bonchev–Trinajstić information content (AvgIpc) is 2.67. The molecule has 2 bridgehead atoms. The number of hydrogen-bond donors (Lipinski definition) is 0. The first-order valence-electron chi connectivity index (χ1n) is 8.77. The Bertz CT molecular complexity index is 745. The van der Waals surface area contributed by atoms with Crippen molar-refractivity contribution in [1.29, 1.82) is 0 Å². The van der Waals surface area contributed by atoms with E-state index in [0.29, 0.717) is 0 Å². The van der Waals surface area contributed by atoms with Gasteiger partial charge in [0.05, 0.1) is 13.0 Å². The summed E-state index contributed by atoms with van der Waals surface area (Å²) in [6.45, 7) is 10.2. The second-order valence-corrected chi connectivity index (χ2v) is 8.46.